The van der Waals surface area contributed by atoms with Crippen molar-refractivity contribution in [3.63, 3.8) is 0 Å². The highest BCUT2D eigenvalue weighted by Gasteiger charge is 2.44. The van der Waals surface area contributed by atoms with E-state index in [1.165, 1.54) is 30.1 Å². The number of anilines is 1. The van der Waals surface area contributed by atoms with Gasteiger partial charge < -0.3 is 24.5 Å². The van der Waals surface area contributed by atoms with E-state index in [4.69, 9.17) is 4.74 Å². The number of imidazole rings is 1. The molecule has 6 rings (SSSR count). The third kappa shape index (κ3) is 5.86. The van der Waals surface area contributed by atoms with E-state index in [9.17, 15) is 14.0 Å². The summed E-state index contributed by atoms with van der Waals surface area (Å²) in [5, 5.41) is 0. The molecular formula is C32H38FN7O3. The number of hydrogen-bond acceptors (Lipinski definition) is 7. The third-order valence-electron chi connectivity index (χ3n) is 8.64. The molecule has 1 unspecified atom stereocenters. The number of benzene rings is 2. The summed E-state index contributed by atoms with van der Waals surface area (Å²) in [5.41, 5.74) is 2.91. The van der Waals surface area contributed by atoms with Crippen LogP contribution in [0.3, 0.4) is 0 Å². The number of carbonyl (C=O) groups is 1. The molecule has 11 heteroatoms. The average molecular weight is 588 g/mol. The molecule has 2 aromatic carbocycles. The first-order chi connectivity index (χ1) is 20.6. The molecule has 2 aromatic heterocycles. The van der Waals surface area contributed by atoms with Crippen molar-refractivity contribution >= 4 is 22.8 Å². The number of carbonyl (C=O) groups excluding carboxylic acids is 1. The van der Waals surface area contributed by atoms with Crippen LogP contribution in [-0.4, -0.2) is 73.9 Å². The largest absolute Gasteiger partial charge is 0.451 e. The van der Waals surface area contributed by atoms with Crippen LogP contribution in [0.2, 0.25) is 0 Å². The van der Waals surface area contributed by atoms with Crippen molar-refractivity contribution in [1.29, 1.82) is 0 Å². The number of halogens is 1. The Balaban J connectivity index is 1.18. The standard InChI is InChI=1S/C32H38FN7O3/c1-20(2)40(21(3)4)30(41)24-14-23(33)6-8-27(24)43-28-15-34-19-35-29(28)39-12-10-32(18-39)9-11-38(17-32)16-22-5-7-25-26(13-22)37-31(42)36-25/h5-8,13-15,19-21H,9-12,16-18H2,1-4H3,(H2,36,37,42). The quantitative estimate of drug-likeness (QED) is 0.301. The van der Waals surface area contributed by atoms with Crippen LogP contribution in [0.5, 0.6) is 11.5 Å². The molecule has 2 saturated heterocycles. The highest BCUT2D eigenvalue weighted by atomic mass is 19.1. The smallest absolute Gasteiger partial charge is 0.323 e. The fourth-order valence-electron chi connectivity index (χ4n) is 6.75. The van der Waals surface area contributed by atoms with E-state index in [0.717, 1.165) is 56.6 Å². The number of hydrogen-bond donors (Lipinski definition) is 2. The number of fused-ring (bicyclic) bond motifs is 1. The molecule has 10 nitrogen and oxygen atoms in total. The van der Waals surface area contributed by atoms with Gasteiger partial charge >= 0.3 is 5.69 Å². The highest BCUT2D eigenvalue weighted by Crippen LogP contribution is 2.43. The summed E-state index contributed by atoms with van der Waals surface area (Å²) < 4.78 is 20.7. The van der Waals surface area contributed by atoms with E-state index in [-0.39, 0.29) is 40.4 Å². The number of aromatic nitrogens is 4. The lowest BCUT2D eigenvalue weighted by Crippen LogP contribution is -2.42. The van der Waals surface area contributed by atoms with E-state index in [1.807, 2.05) is 39.8 Å². The first kappa shape index (κ1) is 28.9. The maximum Gasteiger partial charge on any atom is 0.323 e. The van der Waals surface area contributed by atoms with Gasteiger partial charge in [-0.1, -0.05) is 6.07 Å². The van der Waals surface area contributed by atoms with Crippen molar-refractivity contribution < 1.29 is 13.9 Å². The second-order valence-electron chi connectivity index (χ2n) is 12.4. The molecule has 2 fully saturated rings. The Kier molecular flexibility index (Phi) is 7.68. The molecular weight excluding hydrogens is 549 g/mol. The predicted octanol–water partition coefficient (Wildman–Crippen LogP) is 4.94. The number of rotatable bonds is 8. The van der Waals surface area contributed by atoms with Gasteiger partial charge in [0, 0.05) is 43.7 Å². The fourth-order valence-corrected chi connectivity index (χ4v) is 6.75. The SMILES string of the molecule is CC(C)N(C(=O)c1cc(F)ccc1Oc1cncnc1N1CCC2(CCN(Cc3ccc4[nH]c(=O)[nH]c4c3)C2)C1)C(C)C. The third-order valence-corrected chi connectivity index (χ3v) is 8.64. The van der Waals surface area contributed by atoms with Crippen LogP contribution in [0.1, 0.15) is 56.5 Å². The molecule has 1 amide bonds. The Morgan fingerprint density at radius 3 is 2.58 bits per heavy atom. The molecule has 226 valence electrons. The van der Waals surface area contributed by atoms with Gasteiger partial charge in [0.2, 0.25) is 0 Å². The molecule has 0 saturated carbocycles. The number of likely N-dealkylation sites (tertiary alicyclic amines) is 1. The van der Waals surface area contributed by atoms with Gasteiger partial charge in [0.1, 0.15) is 17.9 Å². The Labute approximate surface area is 249 Å². The first-order valence-electron chi connectivity index (χ1n) is 14.9. The summed E-state index contributed by atoms with van der Waals surface area (Å²) in [6.45, 7) is 12.2. The lowest BCUT2D eigenvalue weighted by atomic mass is 9.86. The zero-order valence-corrected chi connectivity index (χ0v) is 25.1. The summed E-state index contributed by atoms with van der Waals surface area (Å²) in [6.07, 6.45) is 5.21. The summed E-state index contributed by atoms with van der Waals surface area (Å²) in [4.78, 5) is 46.0. The number of ether oxygens (including phenoxy) is 1. The van der Waals surface area contributed by atoms with Crippen LogP contribution in [0.15, 0.2) is 53.7 Å². The van der Waals surface area contributed by atoms with Crippen LogP contribution in [0.4, 0.5) is 10.2 Å². The Morgan fingerprint density at radius 1 is 1.02 bits per heavy atom. The van der Waals surface area contributed by atoms with Crippen molar-refractivity contribution in [2.75, 3.05) is 31.1 Å². The Hall–Kier alpha value is -4.25. The number of nitrogens with one attached hydrogen (secondary N) is 2. The lowest BCUT2D eigenvalue weighted by molar-refractivity contribution is 0.0640. The Morgan fingerprint density at radius 2 is 1.79 bits per heavy atom. The van der Waals surface area contributed by atoms with E-state index >= 15 is 0 Å². The van der Waals surface area contributed by atoms with Crippen molar-refractivity contribution in [1.82, 2.24) is 29.7 Å². The van der Waals surface area contributed by atoms with Crippen LogP contribution >= 0.6 is 0 Å². The van der Waals surface area contributed by atoms with Gasteiger partial charge in [-0.3, -0.25) is 9.69 Å². The van der Waals surface area contributed by atoms with E-state index < -0.39 is 5.82 Å². The maximum absolute atomic E-state index is 14.4. The van der Waals surface area contributed by atoms with Crippen LogP contribution < -0.4 is 15.3 Å². The minimum atomic E-state index is -0.499. The van der Waals surface area contributed by atoms with Crippen molar-refractivity contribution in [2.45, 2.75) is 59.2 Å². The predicted molar refractivity (Wildman–Crippen MR) is 163 cm³/mol. The van der Waals surface area contributed by atoms with Crippen LogP contribution in [-0.2, 0) is 6.54 Å². The number of nitrogens with zero attached hydrogens (tertiary/aromatic N) is 5. The molecule has 43 heavy (non-hydrogen) atoms. The van der Waals surface area contributed by atoms with Crippen LogP contribution in [0, 0.1) is 11.2 Å². The zero-order chi connectivity index (χ0) is 30.3. The van der Waals surface area contributed by atoms with E-state index in [0.29, 0.717) is 11.6 Å². The molecule has 4 heterocycles. The topological polar surface area (TPSA) is 110 Å². The summed E-state index contributed by atoms with van der Waals surface area (Å²) in [5.74, 6) is 0.590. The molecule has 2 aliphatic rings. The molecule has 1 atom stereocenters. The highest BCUT2D eigenvalue weighted by molar-refractivity contribution is 5.97. The van der Waals surface area contributed by atoms with Crippen LogP contribution in [0.25, 0.3) is 11.0 Å². The molecule has 1 spiro atoms. The van der Waals surface area contributed by atoms with Gasteiger partial charge in [-0.05, 0) is 83.0 Å². The fraction of sp³-hybridized carbons (Fsp3) is 0.438. The first-order valence-corrected chi connectivity index (χ1v) is 14.9. The van der Waals surface area contributed by atoms with E-state index in [1.54, 1.807) is 11.1 Å². The number of H-pyrrole nitrogens is 2. The second kappa shape index (κ2) is 11.4. The molecule has 2 N–H and O–H groups in total. The zero-order valence-electron chi connectivity index (χ0n) is 25.1. The second-order valence-corrected chi connectivity index (χ2v) is 12.4. The van der Waals surface area contributed by atoms with Gasteiger partial charge in [-0.2, -0.15) is 0 Å². The summed E-state index contributed by atoms with van der Waals surface area (Å²) in [6, 6.07) is 9.97. The van der Waals surface area contributed by atoms with Crippen molar-refractivity contribution in [3.8, 4) is 11.5 Å². The van der Waals surface area contributed by atoms with Crippen molar-refractivity contribution in [3.05, 3.63) is 76.4 Å². The molecule has 0 aliphatic carbocycles. The monoisotopic (exact) mass is 587 g/mol. The van der Waals surface area contributed by atoms with E-state index in [2.05, 4.69) is 35.8 Å². The normalized spacial score (nSPS) is 18.9. The average Bonchev–Trinajstić information content (AvgIpc) is 3.67. The number of amides is 1. The Bertz CT molecular complexity index is 1690. The van der Waals surface area contributed by atoms with Gasteiger partial charge in [-0.15, -0.1) is 0 Å². The van der Waals surface area contributed by atoms with Gasteiger partial charge in [0.25, 0.3) is 5.91 Å². The molecule has 4 aromatic rings. The van der Waals surface area contributed by atoms with Gasteiger partial charge in [0.15, 0.2) is 11.6 Å². The van der Waals surface area contributed by atoms with Gasteiger partial charge in [-0.25, -0.2) is 19.2 Å². The van der Waals surface area contributed by atoms with Gasteiger partial charge in [0.05, 0.1) is 22.8 Å². The molecule has 0 bridgehead atoms. The molecule has 0 radical (unpaired) electrons. The minimum Gasteiger partial charge on any atom is -0.451 e. The number of aromatic amines is 2. The maximum atomic E-state index is 14.4. The lowest BCUT2D eigenvalue weighted by Gasteiger charge is -2.31. The molecule has 2 aliphatic heterocycles. The summed E-state index contributed by atoms with van der Waals surface area (Å²) >= 11 is 0. The van der Waals surface area contributed by atoms with Crippen molar-refractivity contribution in [2.24, 2.45) is 5.41 Å². The summed E-state index contributed by atoms with van der Waals surface area (Å²) in [7, 11) is 0. The minimum absolute atomic E-state index is 0.0634.